The summed E-state index contributed by atoms with van der Waals surface area (Å²) >= 11 is 5.95. The third-order valence-electron chi connectivity index (χ3n) is 5.22. The van der Waals surface area contributed by atoms with Gasteiger partial charge < -0.3 is 19.7 Å². The van der Waals surface area contributed by atoms with E-state index in [0.29, 0.717) is 36.0 Å². The average molecular weight is 431 g/mol. The lowest BCUT2D eigenvalue weighted by molar-refractivity contribution is -0.136. The molecule has 1 aliphatic rings. The van der Waals surface area contributed by atoms with E-state index in [-0.39, 0.29) is 18.2 Å². The van der Waals surface area contributed by atoms with Gasteiger partial charge in [-0.3, -0.25) is 9.59 Å². The van der Waals surface area contributed by atoms with Crippen molar-refractivity contribution < 1.29 is 19.1 Å². The molecule has 2 aromatic carbocycles. The first-order valence-corrected chi connectivity index (χ1v) is 10.4. The van der Waals surface area contributed by atoms with Gasteiger partial charge in [-0.15, -0.1) is 0 Å². The Labute approximate surface area is 182 Å². The summed E-state index contributed by atoms with van der Waals surface area (Å²) < 4.78 is 10.5. The molecule has 1 heterocycles. The van der Waals surface area contributed by atoms with Crippen LogP contribution in [0.2, 0.25) is 5.02 Å². The summed E-state index contributed by atoms with van der Waals surface area (Å²) in [4.78, 5) is 27.5. The van der Waals surface area contributed by atoms with Crippen molar-refractivity contribution in [3.05, 3.63) is 58.6 Å². The Bertz CT molecular complexity index is 885. The molecule has 0 aliphatic carbocycles. The number of carbonyl (C=O) groups excluding carboxylic acids is 2. The zero-order valence-corrected chi connectivity index (χ0v) is 18.1. The lowest BCUT2D eigenvalue weighted by Gasteiger charge is -2.25. The van der Waals surface area contributed by atoms with Gasteiger partial charge in [-0.2, -0.15) is 0 Å². The van der Waals surface area contributed by atoms with Gasteiger partial charge in [-0.05, 0) is 54.7 Å². The van der Waals surface area contributed by atoms with Crippen LogP contribution >= 0.6 is 11.6 Å². The lowest BCUT2D eigenvalue weighted by atomic mass is 10.1. The topological polar surface area (TPSA) is 67.9 Å². The van der Waals surface area contributed by atoms with Crippen LogP contribution in [0.25, 0.3) is 0 Å². The van der Waals surface area contributed by atoms with E-state index in [2.05, 4.69) is 5.32 Å². The first kappa shape index (κ1) is 22.0. The van der Waals surface area contributed by atoms with Gasteiger partial charge in [0.05, 0.1) is 20.6 Å². The maximum Gasteiger partial charge on any atom is 0.245 e. The number of carbonyl (C=O) groups is 2. The second-order valence-electron chi connectivity index (χ2n) is 7.37. The van der Waals surface area contributed by atoms with Crippen molar-refractivity contribution in [3.8, 4) is 11.5 Å². The number of methoxy groups -OCH3 is 2. The van der Waals surface area contributed by atoms with Crippen molar-refractivity contribution in [3.63, 3.8) is 0 Å². The molecule has 2 amide bonds. The molecular weight excluding hydrogens is 404 g/mol. The van der Waals surface area contributed by atoms with Crippen molar-refractivity contribution in [2.45, 2.75) is 38.3 Å². The highest BCUT2D eigenvalue weighted by atomic mass is 35.5. The summed E-state index contributed by atoms with van der Waals surface area (Å²) in [5.41, 5.74) is 1.81. The second kappa shape index (κ2) is 10.3. The lowest BCUT2D eigenvalue weighted by Crippen LogP contribution is -2.47. The number of likely N-dealkylation sites (tertiary alicyclic amines) is 1. The predicted octanol–water partition coefficient (Wildman–Crippen LogP) is 3.60. The number of hydrogen-bond donors (Lipinski definition) is 1. The van der Waals surface area contributed by atoms with E-state index in [1.807, 2.05) is 35.2 Å². The standard InChI is InChI=1S/C23H27ClN2O4/c1-29-20-11-8-17(13-21(20)30-2)14-22(27)25-19-5-3-4-12-26(23(19)28)15-16-6-9-18(24)10-7-16/h6-11,13,19H,3-5,12,14-15H2,1-2H3,(H,25,27). The Morgan fingerprint density at radius 2 is 1.77 bits per heavy atom. The van der Waals surface area contributed by atoms with Crippen LogP contribution in [0.15, 0.2) is 42.5 Å². The highest BCUT2D eigenvalue weighted by Gasteiger charge is 2.28. The molecule has 30 heavy (non-hydrogen) atoms. The highest BCUT2D eigenvalue weighted by Crippen LogP contribution is 2.27. The molecule has 3 rings (SSSR count). The molecule has 0 spiro atoms. The smallest absolute Gasteiger partial charge is 0.245 e. The molecule has 1 saturated heterocycles. The summed E-state index contributed by atoms with van der Waals surface area (Å²) in [6, 6.07) is 12.3. The summed E-state index contributed by atoms with van der Waals surface area (Å²) in [6.45, 7) is 1.20. The number of amides is 2. The van der Waals surface area contributed by atoms with Crippen LogP contribution in [0.1, 0.15) is 30.4 Å². The molecule has 0 aromatic heterocycles. The fraction of sp³-hybridized carbons (Fsp3) is 0.391. The zero-order valence-electron chi connectivity index (χ0n) is 17.3. The van der Waals surface area contributed by atoms with E-state index < -0.39 is 6.04 Å². The van der Waals surface area contributed by atoms with Crippen molar-refractivity contribution in [1.82, 2.24) is 10.2 Å². The van der Waals surface area contributed by atoms with Crippen LogP contribution in [0.4, 0.5) is 0 Å². The molecule has 0 bridgehead atoms. The van der Waals surface area contributed by atoms with Gasteiger partial charge in [0, 0.05) is 18.1 Å². The van der Waals surface area contributed by atoms with Crippen LogP contribution in [0.5, 0.6) is 11.5 Å². The van der Waals surface area contributed by atoms with Gasteiger partial charge >= 0.3 is 0 Å². The third-order valence-corrected chi connectivity index (χ3v) is 5.47. The molecule has 1 unspecified atom stereocenters. The van der Waals surface area contributed by atoms with Gasteiger partial charge in [-0.25, -0.2) is 0 Å². The average Bonchev–Trinajstić information content (AvgIpc) is 2.91. The van der Waals surface area contributed by atoms with Crippen molar-refractivity contribution in [2.75, 3.05) is 20.8 Å². The first-order chi connectivity index (χ1) is 14.5. The molecular formula is C23H27ClN2O4. The normalized spacial score (nSPS) is 16.7. The maximum absolute atomic E-state index is 13.0. The highest BCUT2D eigenvalue weighted by molar-refractivity contribution is 6.30. The van der Waals surface area contributed by atoms with Gasteiger partial charge in [-0.1, -0.05) is 29.8 Å². The minimum atomic E-state index is -0.507. The molecule has 1 fully saturated rings. The van der Waals surface area contributed by atoms with Crippen LogP contribution in [-0.4, -0.2) is 43.5 Å². The van der Waals surface area contributed by atoms with E-state index in [1.54, 1.807) is 26.4 Å². The summed E-state index contributed by atoms with van der Waals surface area (Å²) in [7, 11) is 3.12. The van der Waals surface area contributed by atoms with Gasteiger partial charge in [0.2, 0.25) is 11.8 Å². The number of ether oxygens (including phenoxy) is 2. The van der Waals surface area contributed by atoms with E-state index in [1.165, 1.54) is 0 Å². The molecule has 0 saturated carbocycles. The molecule has 160 valence electrons. The summed E-state index contributed by atoms with van der Waals surface area (Å²) in [5, 5.41) is 3.59. The van der Waals surface area contributed by atoms with Gasteiger partial charge in [0.25, 0.3) is 0 Å². The fourth-order valence-electron chi connectivity index (χ4n) is 3.63. The van der Waals surface area contributed by atoms with Crippen LogP contribution in [-0.2, 0) is 22.6 Å². The maximum atomic E-state index is 13.0. The third kappa shape index (κ3) is 5.66. The molecule has 2 aromatic rings. The van der Waals surface area contributed by atoms with E-state index in [9.17, 15) is 9.59 Å². The first-order valence-electron chi connectivity index (χ1n) is 10.0. The van der Waals surface area contributed by atoms with E-state index in [0.717, 1.165) is 24.0 Å². The number of nitrogens with zero attached hydrogens (tertiary/aromatic N) is 1. The predicted molar refractivity (Wildman–Crippen MR) is 116 cm³/mol. The minimum absolute atomic E-state index is 0.0388. The molecule has 1 N–H and O–H groups in total. The molecule has 0 radical (unpaired) electrons. The Morgan fingerprint density at radius 1 is 1.07 bits per heavy atom. The number of halogens is 1. The van der Waals surface area contributed by atoms with Crippen molar-refractivity contribution in [2.24, 2.45) is 0 Å². The molecule has 1 aliphatic heterocycles. The second-order valence-corrected chi connectivity index (χ2v) is 7.80. The van der Waals surface area contributed by atoms with Gasteiger partial charge in [0.1, 0.15) is 6.04 Å². The summed E-state index contributed by atoms with van der Waals surface area (Å²) in [6.07, 6.45) is 2.63. The number of hydrogen-bond acceptors (Lipinski definition) is 4. The number of rotatable bonds is 7. The molecule has 7 heteroatoms. The largest absolute Gasteiger partial charge is 0.493 e. The Hall–Kier alpha value is -2.73. The quantitative estimate of drug-likeness (QED) is 0.728. The van der Waals surface area contributed by atoms with E-state index in [4.69, 9.17) is 21.1 Å². The fourth-order valence-corrected chi connectivity index (χ4v) is 3.75. The Morgan fingerprint density at radius 3 is 2.47 bits per heavy atom. The van der Waals surface area contributed by atoms with E-state index >= 15 is 0 Å². The zero-order chi connectivity index (χ0) is 21.5. The van der Waals surface area contributed by atoms with Crippen molar-refractivity contribution in [1.29, 1.82) is 0 Å². The molecule has 1 atom stereocenters. The number of benzene rings is 2. The van der Waals surface area contributed by atoms with Crippen LogP contribution in [0, 0.1) is 0 Å². The SMILES string of the molecule is COc1ccc(CC(=O)NC2CCCCN(Cc3ccc(Cl)cc3)C2=O)cc1OC. The Kier molecular flexibility index (Phi) is 7.57. The number of nitrogens with one attached hydrogen (secondary N) is 1. The van der Waals surface area contributed by atoms with Gasteiger partial charge in [0.15, 0.2) is 11.5 Å². The minimum Gasteiger partial charge on any atom is -0.493 e. The Balaban J connectivity index is 1.63. The molecule has 6 nitrogen and oxygen atoms in total. The van der Waals surface area contributed by atoms with Crippen LogP contribution in [0.3, 0.4) is 0 Å². The monoisotopic (exact) mass is 430 g/mol. The van der Waals surface area contributed by atoms with Crippen molar-refractivity contribution >= 4 is 23.4 Å². The van der Waals surface area contributed by atoms with Crippen LogP contribution < -0.4 is 14.8 Å². The summed E-state index contributed by atoms with van der Waals surface area (Å²) in [5.74, 6) is 0.956.